The van der Waals surface area contributed by atoms with Gasteiger partial charge >= 0.3 is 8.56 Å². The maximum absolute atomic E-state index is 9.41. The molecule has 0 aromatic carbocycles. The van der Waals surface area contributed by atoms with Gasteiger partial charge in [0, 0.05) is 0 Å². The summed E-state index contributed by atoms with van der Waals surface area (Å²) in [6.07, 6.45) is 1.74. The molecule has 0 fully saturated rings. The maximum atomic E-state index is 9.41. The first-order chi connectivity index (χ1) is 5.12. The van der Waals surface area contributed by atoms with Crippen LogP contribution in [0.1, 0.15) is 19.8 Å². The highest BCUT2D eigenvalue weighted by Crippen LogP contribution is 2.12. The van der Waals surface area contributed by atoms with Crippen molar-refractivity contribution in [2.45, 2.75) is 31.9 Å². The van der Waals surface area contributed by atoms with Crippen molar-refractivity contribution in [1.29, 1.82) is 0 Å². The molecular formula is C7H19NO2Si. The van der Waals surface area contributed by atoms with E-state index in [0.29, 0.717) is 12.1 Å². The first-order valence-electron chi connectivity index (χ1n) is 4.21. The molecule has 0 aliphatic rings. The lowest BCUT2D eigenvalue weighted by Gasteiger charge is -2.16. The van der Waals surface area contributed by atoms with Gasteiger partial charge in [-0.25, -0.2) is 0 Å². The van der Waals surface area contributed by atoms with Gasteiger partial charge in [-0.1, -0.05) is 13.3 Å². The maximum Gasteiger partial charge on any atom is 0.332 e. The van der Waals surface area contributed by atoms with E-state index in [-0.39, 0.29) is 0 Å². The van der Waals surface area contributed by atoms with Crippen molar-refractivity contribution >= 4 is 8.56 Å². The van der Waals surface area contributed by atoms with E-state index in [4.69, 9.17) is 0 Å². The zero-order valence-corrected chi connectivity index (χ0v) is 8.43. The predicted molar refractivity (Wildman–Crippen MR) is 48.6 cm³/mol. The fourth-order valence-electron chi connectivity index (χ4n) is 1.07. The largest absolute Gasteiger partial charge is 0.411 e. The zero-order valence-electron chi connectivity index (χ0n) is 7.43. The molecule has 4 heteroatoms. The Hall–Kier alpha value is 0.0969. The van der Waals surface area contributed by atoms with Crippen LogP contribution in [0, 0.1) is 0 Å². The molecule has 0 unspecified atom stereocenters. The fraction of sp³-hybridized carbons (Fsp3) is 1.00. The molecule has 11 heavy (non-hydrogen) atoms. The van der Waals surface area contributed by atoms with Crippen LogP contribution in [-0.2, 0) is 0 Å². The average molecular weight is 177 g/mol. The van der Waals surface area contributed by atoms with Gasteiger partial charge in [0.2, 0.25) is 0 Å². The van der Waals surface area contributed by atoms with E-state index in [0.717, 1.165) is 19.4 Å². The number of nitrogens with one attached hydrogen (secondary N) is 1. The van der Waals surface area contributed by atoms with Crippen molar-refractivity contribution in [3.05, 3.63) is 0 Å². The number of hydrogen-bond acceptors (Lipinski definition) is 3. The predicted octanol–water partition coefficient (Wildman–Crippen LogP) is 0.433. The van der Waals surface area contributed by atoms with E-state index in [2.05, 4.69) is 5.32 Å². The summed E-state index contributed by atoms with van der Waals surface area (Å²) >= 11 is 0. The van der Waals surface area contributed by atoms with Crippen LogP contribution >= 0.6 is 0 Å². The lowest BCUT2D eigenvalue weighted by Crippen LogP contribution is -2.34. The SMILES string of the molecule is CCC[Si](O)(O)CCCNC. The van der Waals surface area contributed by atoms with E-state index >= 15 is 0 Å². The minimum Gasteiger partial charge on any atom is -0.411 e. The van der Waals surface area contributed by atoms with Gasteiger partial charge < -0.3 is 14.9 Å². The van der Waals surface area contributed by atoms with Gasteiger partial charge in [-0.2, -0.15) is 0 Å². The molecule has 0 atom stereocenters. The molecule has 0 bridgehead atoms. The van der Waals surface area contributed by atoms with Gasteiger partial charge in [-0.05, 0) is 32.1 Å². The van der Waals surface area contributed by atoms with Crippen molar-refractivity contribution < 1.29 is 9.59 Å². The van der Waals surface area contributed by atoms with Gasteiger partial charge in [0.05, 0.1) is 0 Å². The van der Waals surface area contributed by atoms with Crippen LogP contribution in [0.5, 0.6) is 0 Å². The highest BCUT2D eigenvalue weighted by atomic mass is 28.4. The summed E-state index contributed by atoms with van der Waals surface area (Å²) in [6.45, 7) is 2.85. The van der Waals surface area contributed by atoms with Crippen molar-refractivity contribution in [2.75, 3.05) is 13.6 Å². The molecule has 3 nitrogen and oxygen atoms in total. The molecule has 68 valence electrons. The second-order valence-corrected chi connectivity index (χ2v) is 5.90. The standard InChI is InChI=1S/C7H19NO2Si/c1-3-6-11(9,10)7-4-5-8-2/h8-10H,3-7H2,1-2H3. The third kappa shape index (κ3) is 6.49. The van der Waals surface area contributed by atoms with E-state index in [1.165, 1.54) is 0 Å². The highest BCUT2D eigenvalue weighted by molar-refractivity contribution is 6.64. The van der Waals surface area contributed by atoms with Crippen molar-refractivity contribution in [1.82, 2.24) is 5.32 Å². The molecule has 0 radical (unpaired) electrons. The summed E-state index contributed by atoms with van der Waals surface area (Å²) in [6, 6.07) is 1.21. The summed E-state index contributed by atoms with van der Waals surface area (Å²) in [5.74, 6) is 0. The van der Waals surface area contributed by atoms with E-state index in [1.807, 2.05) is 14.0 Å². The molecule has 0 amide bonds. The van der Waals surface area contributed by atoms with Crippen LogP contribution in [0.25, 0.3) is 0 Å². The van der Waals surface area contributed by atoms with Crippen molar-refractivity contribution in [3.8, 4) is 0 Å². The van der Waals surface area contributed by atoms with E-state index in [9.17, 15) is 9.59 Å². The second-order valence-electron chi connectivity index (χ2n) is 2.94. The lowest BCUT2D eigenvalue weighted by atomic mass is 10.5. The summed E-state index contributed by atoms with van der Waals surface area (Å²) in [5.41, 5.74) is 0. The Labute approximate surface area is 69.7 Å². The van der Waals surface area contributed by atoms with E-state index < -0.39 is 8.56 Å². The van der Waals surface area contributed by atoms with Gasteiger partial charge in [-0.3, -0.25) is 0 Å². The van der Waals surface area contributed by atoms with Gasteiger partial charge in [0.1, 0.15) is 0 Å². The minimum absolute atomic E-state index is 0.599. The number of hydrogen-bond donors (Lipinski definition) is 3. The topological polar surface area (TPSA) is 52.5 Å². The Kier molecular flexibility index (Phi) is 5.76. The second kappa shape index (κ2) is 5.71. The van der Waals surface area contributed by atoms with Crippen LogP contribution in [0.15, 0.2) is 0 Å². The van der Waals surface area contributed by atoms with Gasteiger partial charge in [-0.15, -0.1) is 0 Å². The van der Waals surface area contributed by atoms with Crippen LogP contribution in [0.3, 0.4) is 0 Å². The molecule has 0 aromatic rings. The first-order valence-corrected chi connectivity index (χ1v) is 6.52. The fourth-order valence-corrected chi connectivity index (χ4v) is 2.87. The Morgan fingerprint density at radius 1 is 1.27 bits per heavy atom. The Morgan fingerprint density at radius 2 is 1.91 bits per heavy atom. The molecule has 0 aliphatic carbocycles. The smallest absolute Gasteiger partial charge is 0.332 e. The molecule has 3 N–H and O–H groups in total. The normalized spacial score (nSPS) is 12.0. The molecule has 0 rings (SSSR count). The summed E-state index contributed by atoms with van der Waals surface area (Å²) in [4.78, 5) is 18.8. The number of rotatable bonds is 6. The van der Waals surface area contributed by atoms with Crippen molar-refractivity contribution in [2.24, 2.45) is 0 Å². The minimum atomic E-state index is -2.78. The van der Waals surface area contributed by atoms with E-state index in [1.54, 1.807) is 0 Å². The quantitative estimate of drug-likeness (QED) is 0.407. The summed E-state index contributed by atoms with van der Waals surface area (Å²) in [7, 11) is -0.908. The Bertz CT molecular complexity index is 98.4. The molecular weight excluding hydrogens is 158 g/mol. The van der Waals surface area contributed by atoms with Crippen LogP contribution < -0.4 is 5.32 Å². The molecule has 0 aliphatic heterocycles. The van der Waals surface area contributed by atoms with Crippen LogP contribution in [0.2, 0.25) is 12.1 Å². The highest BCUT2D eigenvalue weighted by Gasteiger charge is 2.26. The summed E-state index contributed by atoms with van der Waals surface area (Å²) in [5, 5.41) is 2.98. The Balaban J connectivity index is 3.38. The lowest BCUT2D eigenvalue weighted by molar-refractivity contribution is 0.354. The Morgan fingerprint density at radius 3 is 2.36 bits per heavy atom. The molecule has 0 aromatic heterocycles. The summed E-state index contributed by atoms with van der Waals surface area (Å²) < 4.78 is 0. The van der Waals surface area contributed by atoms with Crippen molar-refractivity contribution in [3.63, 3.8) is 0 Å². The van der Waals surface area contributed by atoms with Gasteiger partial charge in [0.25, 0.3) is 0 Å². The third-order valence-electron chi connectivity index (χ3n) is 1.65. The average Bonchev–Trinajstić information content (AvgIpc) is 1.87. The molecule has 0 heterocycles. The molecule has 0 saturated carbocycles. The molecule has 0 saturated heterocycles. The first kappa shape index (κ1) is 11.1. The zero-order chi connectivity index (χ0) is 8.74. The molecule has 0 spiro atoms. The van der Waals surface area contributed by atoms with Gasteiger partial charge in [0.15, 0.2) is 0 Å². The monoisotopic (exact) mass is 177 g/mol. The van der Waals surface area contributed by atoms with Crippen LogP contribution in [-0.4, -0.2) is 31.7 Å². The van der Waals surface area contributed by atoms with Crippen LogP contribution in [0.4, 0.5) is 0 Å². The third-order valence-corrected chi connectivity index (χ3v) is 4.11.